The van der Waals surface area contributed by atoms with E-state index in [1.807, 2.05) is 31.2 Å². The molecule has 1 saturated heterocycles. The quantitative estimate of drug-likeness (QED) is 0.862. The van der Waals surface area contributed by atoms with Crippen molar-refractivity contribution in [3.8, 4) is 0 Å². The molecular formula is C14H19ClN2O2. The van der Waals surface area contributed by atoms with Crippen LogP contribution in [-0.2, 0) is 16.1 Å². The van der Waals surface area contributed by atoms with Gasteiger partial charge in [0.25, 0.3) is 0 Å². The van der Waals surface area contributed by atoms with Gasteiger partial charge in [0.05, 0.1) is 19.1 Å². The monoisotopic (exact) mass is 282 g/mol. The molecule has 104 valence electrons. The second-order valence-corrected chi connectivity index (χ2v) is 5.09. The minimum atomic E-state index is -0.112. The van der Waals surface area contributed by atoms with Gasteiger partial charge < -0.3 is 15.4 Å². The predicted molar refractivity (Wildman–Crippen MR) is 75.1 cm³/mol. The molecular weight excluding hydrogens is 264 g/mol. The maximum Gasteiger partial charge on any atom is 0.227 e. The zero-order valence-electron chi connectivity index (χ0n) is 11.0. The number of hydrogen-bond donors (Lipinski definition) is 2. The van der Waals surface area contributed by atoms with Crippen molar-refractivity contribution in [1.29, 1.82) is 0 Å². The molecule has 5 heteroatoms. The minimum Gasteiger partial charge on any atom is -0.379 e. The highest BCUT2D eigenvalue weighted by molar-refractivity contribution is 6.30. The highest BCUT2D eigenvalue weighted by Crippen LogP contribution is 2.15. The first kappa shape index (κ1) is 14.3. The molecule has 0 aromatic heterocycles. The minimum absolute atomic E-state index is 0.0309. The number of hydrogen-bond acceptors (Lipinski definition) is 3. The summed E-state index contributed by atoms with van der Waals surface area (Å²) >= 11 is 5.91. The van der Waals surface area contributed by atoms with Crippen molar-refractivity contribution in [2.45, 2.75) is 19.5 Å². The zero-order chi connectivity index (χ0) is 13.7. The van der Waals surface area contributed by atoms with Crippen molar-refractivity contribution in [3.05, 3.63) is 34.9 Å². The highest BCUT2D eigenvalue weighted by Gasteiger charge is 2.33. The number of amides is 1. The van der Waals surface area contributed by atoms with E-state index in [1.165, 1.54) is 0 Å². The highest BCUT2D eigenvalue weighted by atomic mass is 35.5. The van der Waals surface area contributed by atoms with Crippen molar-refractivity contribution in [3.63, 3.8) is 0 Å². The van der Waals surface area contributed by atoms with Gasteiger partial charge in [0.15, 0.2) is 0 Å². The molecule has 1 aromatic rings. The Labute approximate surface area is 118 Å². The summed E-state index contributed by atoms with van der Waals surface area (Å²) in [6.07, 6.45) is 0. The average molecular weight is 283 g/mol. The van der Waals surface area contributed by atoms with E-state index in [0.29, 0.717) is 24.8 Å². The summed E-state index contributed by atoms with van der Waals surface area (Å²) in [6.45, 7) is 4.45. The van der Waals surface area contributed by atoms with Crippen LogP contribution in [0.5, 0.6) is 0 Å². The Morgan fingerprint density at radius 2 is 2.32 bits per heavy atom. The first-order valence-corrected chi connectivity index (χ1v) is 6.91. The number of rotatable bonds is 5. The number of halogens is 1. The third-order valence-corrected chi connectivity index (χ3v) is 3.47. The van der Waals surface area contributed by atoms with Crippen molar-refractivity contribution in [2.75, 3.05) is 19.8 Å². The molecule has 0 bridgehead atoms. The van der Waals surface area contributed by atoms with Gasteiger partial charge in [-0.1, -0.05) is 30.7 Å². The van der Waals surface area contributed by atoms with Crippen LogP contribution in [-0.4, -0.2) is 31.7 Å². The molecule has 0 aliphatic carbocycles. The van der Waals surface area contributed by atoms with Gasteiger partial charge >= 0.3 is 0 Å². The Hall–Kier alpha value is -1.10. The molecule has 19 heavy (non-hydrogen) atoms. The van der Waals surface area contributed by atoms with Crippen molar-refractivity contribution < 1.29 is 9.53 Å². The first-order chi connectivity index (χ1) is 9.20. The Morgan fingerprint density at radius 1 is 1.47 bits per heavy atom. The van der Waals surface area contributed by atoms with Crippen molar-refractivity contribution in [1.82, 2.24) is 10.6 Å². The van der Waals surface area contributed by atoms with Gasteiger partial charge in [-0.2, -0.15) is 0 Å². The number of carbonyl (C=O) groups is 1. The van der Waals surface area contributed by atoms with Gasteiger partial charge in [0, 0.05) is 17.6 Å². The lowest BCUT2D eigenvalue weighted by Crippen LogP contribution is -2.43. The van der Waals surface area contributed by atoms with E-state index < -0.39 is 0 Å². The molecule has 4 nitrogen and oxygen atoms in total. The lowest BCUT2D eigenvalue weighted by molar-refractivity contribution is -0.125. The van der Waals surface area contributed by atoms with Gasteiger partial charge in [-0.15, -0.1) is 0 Å². The Kier molecular flexibility index (Phi) is 5.19. The van der Waals surface area contributed by atoms with Gasteiger partial charge in [0.2, 0.25) is 5.91 Å². The van der Waals surface area contributed by atoms with E-state index in [-0.39, 0.29) is 17.9 Å². The number of nitrogens with one attached hydrogen (secondary N) is 2. The summed E-state index contributed by atoms with van der Waals surface area (Å²) in [5.41, 5.74) is 1.000. The van der Waals surface area contributed by atoms with Crippen molar-refractivity contribution in [2.24, 2.45) is 5.92 Å². The summed E-state index contributed by atoms with van der Waals surface area (Å²) in [5, 5.41) is 6.90. The van der Waals surface area contributed by atoms with Gasteiger partial charge in [-0.3, -0.25) is 4.79 Å². The normalized spacial score (nSPS) is 22.4. The molecule has 2 atom stereocenters. The molecule has 2 rings (SSSR count). The van der Waals surface area contributed by atoms with E-state index >= 15 is 0 Å². The predicted octanol–water partition coefficient (Wildman–Crippen LogP) is 1.58. The van der Waals surface area contributed by atoms with E-state index in [0.717, 1.165) is 12.1 Å². The third-order valence-electron chi connectivity index (χ3n) is 3.24. The van der Waals surface area contributed by atoms with Crippen LogP contribution < -0.4 is 10.6 Å². The molecule has 1 aromatic carbocycles. The molecule has 1 fully saturated rings. The van der Waals surface area contributed by atoms with Crippen LogP contribution >= 0.6 is 11.6 Å². The Morgan fingerprint density at radius 3 is 3.05 bits per heavy atom. The van der Waals surface area contributed by atoms with Crippen LogP contribution in [0.15, 0.2) is 24.3 Å². The van der Waals surface area contributed by atoms with Crippen LogP contribution in [0.3, 0.4) is 0 Å². The smallest absolute Gasteiger partial charge is 0.227 e. The second kappa shape index (κ2) is 6.89. The third kappa shape index (κ3) is 3.93. The lowest BCUT2D eigenvalue weighted by atomic mass is 10.0. The summed E-state index contributed by atoms with van der Waals surface area (Å²) < 4.78 is 5.37. The topological polar surface area (TPSA) is 50.4 Å². The average Bonchev–Trinajstić information content (AvgIpc) is 2.85. The number of likely N-dealkylation sites (N-methyl/N-ethyl adjacent to an activating group) is 1. The van der Waals surface area contributed by atoms with Crippen LogP contribution in [0.25, 0.3) is 0 Å². The number of carbonyl (C=O) groups excluding carboxylic acids is 1. The van der Waals surface area contributed by atoms with E-state index in [1.54, 1.807) is 0 Å². The summed E-state index contributed by atoms with van der Waals surface area (Å²) in [6, 6.07) is 7.61. The van der Waals surface area contributed by atoms with Crippen LogP contribution in [0, 0.1) is 5.92 Å². The van der Waals surface area contributed by atoms with Crippen LogP contribution in [0.4, 0.5) is 0 Å². The van der Waals surface area contributed by atoms with Gasteiger partial charge in [0.1, 0.15) is 0 Å². The maximum absolute atomic E-state index is 12.1. The fraction of sp³-hybridized carbons (Fsp3) is 0.500. The number of benzene rings is 1. The van der Waals surface area contributed by atoms with Crippen LogP contribution in [0.1, 0.15) is 12.5 Å². The molecule has 0 spiro atoms. The largest absolute Gasteiger partial charge is 0.379 e. The number of ether oxygens (including phenoxy) is 1. The van der Waals surface area contributed by atoms with E-state index in [2.05, 4.69) is 10.6 Å². The zero-order valence-corrected chi connectivity index (χ0v) is 11.7. The lowest BCUT2D eigenvalue weighted by Gasteiger charge is -2.17. The van der Waals surface area contributed by atoms with Crippen LogP contribution in [0.2, 0.25) is 5.02 Å². The molecule has 1 heterocycles. The molecule has 1 aliphatic rings. The maximum atomic E-state index is 12.1. The fourth-order valence-electron chi connectivity index (χ4n) is 2.24. The fourth-order valence-corrected chi connectivity index (χ4v) is 2.46. The standard InChI is InChI=1S/C14H19ClN2O2/c1-2-16-13-9-19-8-12(13)14(18)17-7-10-4-3-5-11(15)6-10/h3-6,12-13,16H,2,7-9H2,1H3,(H,17,18). The SMILES string of the molecule is CCNC1COCC1C(=O)NCc1cccc(Cl)c1. The molecule has 2 N–H and O–H groups in total. The molecule has 1 amide bonds. The second-order valence-electron chi connectivity index (χ2n) is 4.66. The van der Waals surface area contributed by atoms with E-state index in [9.17, 15) is 4.79 Å². The molecule has 1 aliphatic heterocycles. The molecule has 0 radical (unpaired) electrons. The van der Waals surface area contributed by atoms with Crippen molar-refractivity contribution >= 4 is 17.5 Å². The molecule has 2 unspecified atom stereocenters. The Balaban J connectivity index is 1.87. The summed E-state index contributed by atoms with van der Waals surface area (Å²) in [7, 11) is 0. The first-order valence-electron chi connectivity index (χ1n) is 6.54. The summed E-state index contributed by atoms with van der Waals surface area (Å²) in [4.78, 5) is 12.1. The van der Waals surface area contributed by atoms with E-state index in [4.69, 9.17) is 16.3 Å². The molecule has 0 saturated carbocycles. The summed E-state index contributed by atoms with van der Waals surface area (Å²) in [5.74, 6) is -0.0810. The Bertz CT molecular complexity index is 439. The van der Waals surface area contributed by atoms with Gasteiger partial charge in [-0.25, -0.2) is 0 Å². The van der Waals surface area contributed by atoms with Gasteiger partial charge in [-0.05, 0) is 24.2 Å².